The molecule has 0 aromatic heterocycles. The Morgan fingerprint density at radius 1 is 1.60 bits per heavy atom. The summed E-state index contributed by atoms with van der Waals surface area (Å²) in [5, 5.41) is 9.15. The summed E-state index contributed by atoms with van der Waals surface area (Å²) in [6, 6.07) is 0. The Hall–Kier alpha value is -0.270. The number of hydrogen-bond acceptors (Lipinski definition) is 3. The van der Waals surface area contributed by atoms with Gasteiger partial charge in [-0.3, -0.25) is 0 Å². The molecule has 0 rings (SSSR count). The van der Waals surface area contributed by atoms with Gasteiger partial charge in [-0.2, -0.15) is 5.26 Å². The van der Waals surface area contributed by atoms with Gasteiger partial charge in [-0.1, -0.05) is 15.9 Å². The minimum atomic E-state index is 0.621. The highest BCUT2D eigenvalue weighted by atomic mass is 79.9. The first kappa shape index (κ1) is 9.73. The lowest BCUT2D eigenvalue weighted by Crippen LogP contribution is -2.17. The maximum Gasteiger partial charge on any atom is 0.179 e. The van der Waals surface area contributed by atoms with E-state index in [1.54, 1.807) is 7.05 Å². The maximum absolute atomic E-state index is 8.30. The van der Waals surface area contributed by atoms with Crippen LogP contribution in [0.3, 0.4) is 0 Å². The van der Waals surface area contributed by atoms with Crippen LogP contribution in [0, 0.1) is 11.5 Å². The van der Waals surface area contributed by atoms with Crippen LogP contribution in [0.25, 0.3) is 0 Å². The van der Waals surface area contributed by atoms with E-state index in [1.807, 2.05) is 6.19 Å². The number of alkyl halides is 1. The summed E-state index contributed by atoms with van der Waals surface area (Å²) in [6.45, 7) is 2.00. The highest BCUT2D eigenvalue weighted by molar-refractivity contribution is 9.09. The predicted octanol–water partition coefficient (Wildman–Crippen LogP) is 0.811. The van der Waals surface area contributed by atoms with E-state index >= 15 is 0 Å². The number of hydrogen-bond donors (Lipinski definition) is 0. The molecule has 0 saturated carbocycles. The van der Waals surface area contributed by atoms with Crippen molar-refractivity contribution < 1.29 is 4.74 Å². The molecular weight excluding hydrogens is 196 g/mol. The van der Waals surface area contributed by atoms with Crippen molar-refractivity contribution in [2.45, 2.75) is 0 Å². The highest BCUT2D eigenvalue weighted by Gasteiger charge is 1.91. The monoisotopic (exact) mass is 206 g/mol. The number of nitrogens with zero attached hydrogens (tertiary/aromatic N) is 2. The summed E-state index contributed by atoms with van der Waals surface area (Å²) in [4.78, 5) is 1.54. The second-order valence-electron chi connectivity index (χ2n) is 1.82. The van der Waals surface area contributed by atoms with Crippen LogP contribution in [0.1, 0.15) is 0 Å². The summed E-state index contributed by atoms with van der Waals surface area (Å²) in [7, 11) is 1.73. The molecule has 0 heterocycles. The lowest BCUT2D eigenvalue weighted by molar-refractivity contribution is 0.137. The molecule has 0 aliphatic heterocycles. The third-order valence-corrected chi connectivity index (χ3v) is 1.29. The number of nitriles is 1. The van der Waals surface area contributed by atoms with Crippen LogP contribution < -0.4 is 0 Å². The van der Waals surface area contributed by atoms with E-state index in [4.69, 9.17) is 10.00 Å². The molecule has 0 bridgehead atoms. The molecule has 0 aliphatic carbocycles. The Kier molecular flexibility index (Phi) is 6.66. The van der Waals surface area contributed by atoms with Crippen molar-refractivity contribution in [2.24, 2.45) is 0 Å². The van der Waals surface area contributed by atoms with Gasteiger partial charge in [-0.05, 0) is 0 Å². The molecule has 0 unspecified atom stereocenters. The van der Waals surface area contributed by atoms with Crippen molar-refractivity contribution in [3.8, 4) is 6.19 Å². The molecular formula is C6H11BrN2O. The zero-order valence-corrected chi connectivity index (χ0v) is 7.60. The van der Waals surface area contributed by atoms with E-state index in [-0.39, 0.29) is 0 Å². The molecule has 10 heavy (non-hydrogen) atoms. The first-order chi connectivity index (χ1) is 4.81. The smallest absolute Gasteiger partial charge is 0.179 e. The van der Waals surface area contributed by atoms with E-state index in [0.717, 1.165) is 5.33 Å². The van der Waals surface area contributed by atoms with Crippen molar-refractivity contribution in [3.63, 3.8) is 0 Å². The van der Waals surface area contributed by atoms with Gasteiger partial charge < -0.3 is 9.64 Å². The quantitative estimate of drug-likeness (QED) is 0.289. The third-order valence-electron chi connectivity index (χ3n) is 0.963. The molecule has 4 heteroatoms. The fourth-order valence-electron chi connectivity index (χ4n) is 0.408. The van der Waals surface area contributed by atoms with Crippen LogP contribution in [-0.2, 0) is 4.74 Å². The third kappa shape index (κ3) is 5.86. The summed E-state index contributed by atoms with van der Waals surface area (Å²) >= 11 is 3.23. The molecule has 0 amide bonds. The Bertz CT molecular complexity index is 113. The van der Waals surface area contributed by atoms with Crippen molar-refractivity contribution >= 4 is 15.9 Å². The topological polar surface area (TPSA) is 36.3 Å². The highest BCUT2D eigenvalue weighted by Crippen LogP contribution is 1.83. The van der Waals surface area contributed by atoms with Crippen molar-refractivity contribution in [1.82, 2.24) is 4.90 Å². The second kappa shape index (κ2) is 6.84. The molecule has 0 N–H and O–H groups in total. The molecule has 0 fully saturated rings. The van der Waals surface area contributed by atoms with Gasteiger partial charge >= 0.3 is 0 Å². The fourth-order valence-corrected chi connectivity index (χ4v) is 0.637. The number of likely N-dealkylation sites (N-methyl/N-ethyl adjacent to an activating group) is 1. The summed E-state index contributed by atoms with van der Waals surface area (Å²) in [5.41, 5.74) is 0. The van der Waals surface area contributed by atoms with Crippen LogP contribution in [0.15, 0.2) is 0 Å². The predicted molar refractivity (Wildman–Crippen MR) is 42.9 cm³/mol. The van der Waals surface area contributed by atoms with Crippen LogP contribution in [0.2, 0.25) is 0 Å². The van der Waals surface area contributed by atoms with Crippen molar-refractivity contribution in [1.29, 1.82) is 5.26 Å². The fraction of sp³-hybridized carbons (Fsp3) is 0.833. The van der Waals surface area contributed by atoms with Crippen molar-refractivity contribution in [3.05, 3.63) is 0 Å². The Labute approximate surface area is 69.7 Å². The second-order valence-corrected chi connectivity index (χ2v) is 2.62. The Morgan fingerprint density at radius 3 is 2.80 bits per heavy atom. The first-order valence-electron chi connectivity index (χ1n) is 3.06. The van der Waals surface area contributed by atoms with Gasteiger partial charge in [-0.15, -0.1) is 0 Å². The van der Waals surface area contributed by atoms with E-state index < -0.39 is 0 Å². The van der Waals surface area contributed by atoms with Crippen LogP contribution in [-0.4, -0.2) is 37.0 Å². The van der Waals surface area contributed by atoms with Gasteiger partial charge in [0.25, 0.3) is 0 Å². The summed E-state index contributed by atoms with van der Waals surface area (Å²) < 4.78 is 5.12. The van der Waals surface area contributed by atoms with Crippen LogP contribution in [0.5, 0.6) is 0 Å². The minimum Gasteiger partial charge on any atom is -0.379 e. The van der Waals surface area contributed by atoms with Gasteiger partial charge in [0, 0.05) is 12.4 Å². The SMILES string of the molecule is CN(C#N)CCOCCBr. The van der Waals surface area contributed by atoms with Gasteiger partial charge in [0.15, 0.2) is 6.19 Å². The van der Waals surface area contributed by atoms with E-state index in [0.29, 0.717) is 19.8 Å². The molecule has 3 nitrogen and oxygen atoms in total. The Balaban J connectivity index is 2.98. The molecule has 0 saturated heterocycles. The lowest BCUT2D eigenvalue weighted by Gasteiger charge is -2.07. The Morgan fingerprint density at radius 2 is 2.30 bits per heavy atom. The molecule has 0 spiro atoms. The lowest BCUT2D eigenvalue weighted by atomic mass is 10.6. The molecule has 0 radical (unpaired) electrons. The van der Waals surface area contributed by atoms with Gasteiger partial charge in [0.05, 0.1) is 19.8 Å². The maximum atomic E-state index is 8.30. The standard InChI is InChI=1S/C6H11BrN2O/c1-9(6-8)3-5-10-4-2-7/h2-5H2,1H3. The van der Waals surface area contributed by atoms with Gasteiger partial charge in [0.1, 0.15) is 0 Å². The molecule has 58 valence electrons. The van der Waals surface area contributed by atoms with Crippen LogP contribution >= 0.6 is 15.9 Å². The number of rotatable bonds is 5. The summed E-state index contributed by atoms with van der Waals surface area (Å²) in [5.74, 6) is 0. The average Bonchev–Trinajstić information content (AvgIpc) is 1.98. The average molecular weight is 207 g/mol. The van der Waals surface area contributed by atoms with Crippen LogP contribution in [0.4, 0.5) is 0 Å². The first-order valence-corrected chi connectivity index (χ1v) is 4.18. The molecule has 0 aromatic rings. The molecule has 0 aliphatic rings. The van der Waals surface area contributed by atoms with E-state index in [1.165, 1.54) is 4.90 Å². The number of halogens is 1. The zero-order valence-electron chi connectivity index (χ0n) is 6.01. The van der Waals surface area contributed by atoms with E-state index in [2.05, 4.69) is 15.9 Å². The summed E-state index contributed by atoms with van der Waals surface area (Å²) in [6.07, 6.45) is 1.98. The van der Waals surface area contributed by atoms with Gasteiger partial charge in [-0.25, -0.2) is 0 Å². The minimum absolute atomic E-state index is 0.621. The number of ether oxygens (including phenoxy) is 1. The largest absolute Gasteiger partial charge is 0.379 e. The van der Waals surface area contributed by atoms with E-state index in [9.17, 15) is 0 Å². The molecule has 0 aromatic carbocycles. The molecule has 0 atom stereocenters. The zero-order chi connectivity index (χ0) is 7.82. The van der Waals surface area contributed by atoms with Gasteiger partial charge in [0.2, 0.25) is 0 Å². The normalized spacial score (nSPS) is 8.90. The van der Waals surface area contributed by atoms with Crippen molar-refractivity contribution in [2.75, 3.05) is 32.1 Å².